The molecule has 0 aliphatic carbocycles. The van der Waals surface area contributed by atoms with E-state index in [2.05, 4.69) is 261 Å². The summed E-state index contributed by atoms with van der Waals surface area (Å²) in [5, 5.41) is 39.5. The summed E-state index contributed by atoms with van der Waals surface area (Å²) in [5.41, 5.74) is -5.02. The number of aromatic carboxylic acids is 2. The number of ether oxygens (including phenoxy) is 3. The van der Waals surface area contributed by atoms with Crippen molar-refractivity contribution in [2.75, 3.05) is 46.6 Å². The van der Waals surface area contributed by atoms with Crippen LogP contribution in [0.4, 0.5) is 26.3 Å². The van der Waals surface area contributed by atoms with Crippen LogP contribution in [0.15, 0.2) is 278 Å². The molecule has 12 nitrogen and oxygen atoms in total. The molecule has 0 saturated carbocycles. The maximum absolute atomic E-state index is 12.1. The first-order chi connectivity index (χ1) is 43.5. The molecule has 0 aromatic heterocycles. The standard InChI is InChI=1S/2C18H15S.C13H14I3NO3.C7H6O3.C7H6O2.C5H3F6O3/c2*1-4-10-16(11-5-1)19(17-12-6-2-7-13-17)18-14-8-3-9-15-18;14-9-7-10(12(16)11(15)8-9)13(18)20-6-3-17-1-4-19-5-2-17;8-6-4-2-1-3-5(6)7(9)10;8-7(9)6-4-2-1-3-5-6;1-14-2(12)3(13,4(6,7)8)5(9,10)11/h2*1-15H;7-8H,1-6H2;1-4,8H,(H,9,10);1-5H,(H,8,9);1H3/q2*+1;;;;-1/p-1. The lowest BCUT2D eigenvalue weighted by molar-refractivity contribution is -0.908. The van der Waals surface area contributed by atoms with Gasteiger partial charge in [0.15, 0.2) is 35.0 Å². The van der Waals surface area contributed by atoms with Crippen molar-refractivity contribution in [2.24, 2.45) is 0 Å². The van der Waals surface area contributed by atoms with Crippen molar-refractivity contribution in [1.29, 1.82) is 0 Å². The van der Waals surface area contributed by atoms with Crippen LogP contribution in [0.3, 0.4) is 0 Å². The van der Waals surface area contributed by atoms with Crippen LogP contribution < -0.4 is 20.2 Å². The number of methoxy groups -OCH3 is 1. The van der Waals surface area contributed by atoms with Gasteiger partial charge in [-0.1, -0.05) is 163 Å². The fraction of sp³-hybridized carbons (Fsp3) is 0.147. The number of quaternary nitrogens is 1. The van der Waals surface area contributed by atoms with Crippen molar-refractivity contribution < 1.29 is 85.1 Å². The van der Waals surface area contributed by atoms with Crippen LogP contribution in [0.25, 0.3) is 0 Å². The van der Waals surface area contributed by atoms with Crippen LogP contribution in [-0.2, 0) is 40.8 Å². The average Bonchev–Trinajstić information content (AvgIpc) is 0.881. The molecule has 2 N–H and O–H groups in total. The maximum atomic E-state index is 12.1. The quantitative estimate of drug-likeness (QED) is 0.0367. The summed E-state index contributed by atoms with van der Waals surface area (Å²) >= 11 is 6.66. The summed E-state index contributed by atoms with van der Waals surface area (Å²) in [7, 11) is 0.227. The van der Waals surface area contributed by atoms with E-state index in [0.717, 1.165) is 43.6 Å². The van der Waals surface area contributed by atoms with Crippen LogP contribution in [0, 0.1) is 10.7 Å². The van der Waals surface area contributed by atoms with E-state index in [9.17, 15) is 60.8 Å². The molecule has 9 aromatic rings. The summed E-state index contributed by atoms with van der Waals surface area (Å²) in [4.78, 5) is 52.2. The molecule has 1 heterocycles. The number of rotatable bonds is 13. The Morgan fingerprint density at radius 1 is 0.538 bits per heavy atom. The topological polar surface area (TPSA) is 190 Å². The number of hydrogen-bond donors (Lipinski definition) is 2. The fourth-order valence-electron chi connectivity index (χ4n) is 7.89. The second-order valence-corrected chi connectivity index (χ2v) is 26.2. The van der Waals surface area contributed by atoms with Crippen LogP contribution in [0.2, 0.25) is 0 Å². The van der Waals surface area contributed by atoms with E-state index in [1.54, 1.807) is 18.2 Å². The van der Waals surface area contributed by atoms with Crippen LogP contribution in [-0.4, -0.2) is 93.5 Å². The van der Waals surface area contributed by atoms with Crippen molar-refractivity contribution >= 4 is 113 Å². The molecule has 1 aliphatic rings. The minimum atomic E-state index is -6.29. The number of alkyl halides is 6. The largest absolute Gasteiger partial charge is 0.872 e. The Balaban J connectivity index is 0.000000203. The first-order valence-electron chi connectivity index (χ1n) is 27.2. The summed E-state index contributed by atoms with van der Waals surface area (Å²) in [6, 6.07) is 81.8. The van der Waals surface area contributed by atoms with Gasteiger partial charge >= 0.3 is 30.3 Å². The number of nitrogens with one attached hydrogen (secondary N) is 1. The molecule has 91 heavy (non-hydrogen) atoms. The molecule has 1 fully saturated rings. The first kappa shape index (κ1) is 74.7. The van der Waals surface area contributed by atoms with Gasteiger partial charge < -0.3 is 44.3 Å². The Morgan fingerprint density at radius 3 is 1.16 bits per heavy atom. The number of para-hydroxylation sites is 1. The number of carbonyl (C=O) groups excluding carboxylic acids is 3. The zero-order valence-corrected chi connectivity index (χ0v) is 56.3. The number of carboxylic acids is 2. The van der Waals surface area contributed by atoms with Gasteiger partial charge in [-0.2, -0.15) is 26.3 Å². The normalized spacial score (nSPS) is 12.0. The van der Waals surface area contributed by atoms with E-state index in [1.165, 1.54) is 70.7 Å². The van der Waals surface area contributed by atoms with Gasteiger partial charge in [0.2, 0.25) is 0 Å². The third kappa shape index (κ3) is 23.6. The van der Waals surface area contributed by atoms with Crippen LogP contribution in [0.1, 0.15) is 31.1 Å². The summed E-state index contributed by atoms with van der Waals surface area (Å²) < 4.78 is 87.2. The molecular weight excluding hydrogens is 1570 g/mol. The Labute approximate surface area is 569 Å². The van der Waals surface area contributed by atoms with Crippen molar-refractivity contribution in [1.82, 2.24) is 0 Å². The smallest absolute Gasteiger partial charge is 0.399 e. The molecule has 1 aliphatic heterocycles. The zero-order valence-electron chi connectivity index (χ0n) is 48.2. The van der Waals surface area contributed by atoms with Gasteiger partial charge in [-0.25, -0.2) is 9.59 Å². The van der Waals surface area contributed by atoms with Gasteiger partial charge in [0.25, 0.3) is 0 Å². The molecule has 9 aromatic carbocycles. The van der Waals surface area contributed by atoms with Crippen molar-refractivity contribution in [3.8, 4) is 5.75 Å². The Bertz CT molecular complexity index is 3330. The predicted molar refractivity (Wildman–Crippen MR) is 355 cm³/mol. The molecule has 1 saturated heterocycles. The lowest BCUT2D eigenvalue weighted by Crippen LogP contribution is -3.14. The average molecular weight is 1620 g/mol. The van der Waals surface area contributed by atoms with Crippen molar-refractivity contribution in [3.63, 3.8) is 0 Å². The molecule has 10 rings (SSSR count). The van der Waals surface area contributed by atoms with E-state index in [0.29, 0.717) is 12.2 Å². The Kier molecular flexibility index (Phi) is 31.3. The molecule has 0 radical (unpaired) electrons. The van der Waals surface area contributed by atoms with Gasteiger partial charge in [-0.3, -0.25) is 4.79 Å². The SMILES string of the molecule is COC(=O)C([O-])(C(F)(F)F)C(F)(F)F.O=C(O)c1ccccc1[O-].O=C(OCC[NH+]1CCOCC1)c1cc(I)cc(I)c1I.O=C([O-])c1ccccc1.c1ccc([S+](c2ccccc2)c2ccccc2)cc1.c1ccc([S+](c2ccccc2)c2ccccc2)cc1. The van der Waals surface area contributed by atoms with Gasteiger partial charge in [-0.05, 0) is 164 Å². The number of halogens is 9. The number of hydrogen-bond acceptors (Lipinski definition) is 10. The Hall–Kier alpha value is -6.99. The number of esters is 2. The van der Waals surface area contributed by atoms with Gasteiger partial charge in [0.1, 0.15) is 26.2 Å². The van der Waals surface area contributed by atoms with Crippen LogP contribution in [0.5, 0.6) is 5.75 Å². The summed E-state index contributed by atoms with van der Waals surface area (Å²) in [6.45, 7) is 4.91. The van der Waals surface area contributed by atoms with Crippen LogP contribution >= 0.6 is 67.8 Å². The summed E-state index contributed by atoms with van der Waals surface area (Å²) in [6.07, 6.45) is -12.6. The van der Waals surface area contributed by atoms with Gasteiger partial charge in [0.05, 0.1) is 59.2 Å². The van der Waals surface area contributed by atoms with E-state index in [1.807, 2.05) is 6.07 Å². The van der Waals surface area contributed by atoms with Gasteiger partial charge in [-0.15, -0.1) is 0 Å². The van der Waals surface area contributed by atoms with Crippen molar-refractivity contribution in [2.45, 2.75) is 47.3 Å². The zero-order chi connectivity index (χ0) is 66.4. The molecule has 0 amide bonds. The van der Waals surface area contributed by atoms with Gasteiger partial charge in [0, 0.05) is 10.7 Å². The number of carboxylic acid groups (broad SMARTS) is 2. The van der Waals surface area contributed by atoms with E-state index < -0.39 is 41.6 Å². The molecule has 0 atom stereocenters. The maximum Gasteiger partial charge on any atom is 0.399 e. The molecule has 0 spiro atoms. The molecular formula is C68H58F6I3NO11S2. The molecule has 476 valence electrons. The van der Waals surface area contributed by atoms with E-state index in [4.69, 9.17) is 14.6 Å². The lowest BCUT2D eigenvalue weighted by atomic mass is 10.0. The minimum absolute atomic E-state index is 0.0146. The first-order valence-corrected chi connectivity index (χ1v) is 32.9. The number of carbonyl (C=O) groups is 4. The molecule has 0 bridgehead atoms. The van der Waals surface area contributed by atoms with Crippen molar-refractivity contribution in [3.05, 3.63) is 276 Å². The molecule has 0 unspecified atom stereocenters. The predicted octanol–water partition coefficient (Wildman–Crippen LogP) is 12.0. The lowest BCUT2D eigenvalue weighted by Gasteiger charge is -2.39. The fourth-order valence-corrected chi connectivity index (χ4v) is 14.5. The highest BCUT2D eigenvalue weighted by atomic mass is 127. The third-order valence-electron chi connectivity index (χ3n) is 12.4. The second kappa shape index (κ2) is 38.1. The minimum Gasteiger partial charge on any atom is -0.872 e. The second-order valence-electron chi connectivity index (χ2n) is 18.6. The monoisotopic (exact) mass is 1620 g/mol. The van der Waals surface area contributed by atoms with E-state index >= 15 is 0 Å². The highest BCUT2D eigenvalue weighted by Gasteiger charge is 2.68. The highest BCUT2D eigenvalue weighted by molar-refractivity contribution is 14.1. The number of benzene rings is 9. The van der Waals surface area contributed by atoms with E-state index in [-0.39, 0.29) is 46.0 Å². The Morgan fingerprint density at radius 2 is 0.879 bits per heavy atom. The third-order valence-corrected chi connectivity index (χ3v) is 20.5. The number of morpholine rings is 1. The summed E-state index contributed by atoms with van der Waals surface area (Å²) in [5.74, 6) is -5.91. The highest BCUT2D eigenvalue weighted by Crippen LogP contribution is 2.41. The molecule has 23 heteroatoms.